The predicted octanol–water partition coefficient (Wildman–Crippen LogP) is 3.14. The Kier molecular flexibility index (Phi) is 4.00. The third-order valence-electron chi connectivity index (χ3n) is 2.64. The zero-order valence-electron chi connectivity index (χ0n) is 10.1. The van der Waals surface area contributed by atoms with Crippen LogP contribution >= 0.6 is 0 Å². The SMILES string of the molecule is [B]c1cccc(C(=C)c2cccc(OC(F)F)c2)c1. The summed E-state index contributed by atoms with van der Waals surface area (Å²) in [6.45, 7) is 1.12. The summed E-state index contributed by atoms with van der Waals surface area (Å²) in [5.41, 5.74) is 2.88. The van der Waals surface area contributed by atoms with Crippen LogP contribution in [-0.2, 0) is 0 Å². The maximum absolute atomic E-state index is 12.2. The molecule has 2 aromatic carbocycles. The van der Waals surface area contributed by atoms with Crippen LogP contribution < -0.4 is 10.2 Å². The zero-order chi connectivity index (χ0) is 13.8. The molecule has 0 spiro atoms. The highest BCUT2D eigenvalue weighted by Gasteiger charge is 2.07. The van der Waals surface area contributed by atoms with Gasteiger partial charge in [-0.1, -0.05) is 48.4 Å². The maximum Gasteiger partial charge on any atom is 0.387 e. The quantitative estimate of drug-likeness (QED) is 0.763. The lowest BCUT2D eigenvalue weighted by Crippen LogP contribution is -2.03. The summed E-state index contributed by atoms with van der Waals surface area (Å²) in [5, 5.41) is 0. The van der Waals surface area contributed by atoms with Gasteiger partial charge in [0.2, 0.25) is 0 Å². The summed E-state index contributed by atoms with van der Waals surface area (Å²) < 4.78 is 28.7. The van der Waals surface area contributed by atoms with Gasteiger partial charge in [-0.25, -0.2) is 0 Å². The molecule has 0 heterocycles. The van der Waals surface area contributed by atoms with Gasteiger partial charge in [-0.3, -0.25) is 0 Å². The highest BCUT2D eigenvalue weighted by molar-refractivity contribution is 6.32. The van der Waals surface area contributed by atoms with Crippen LogP contribution in [0.25, 0.3) is 5.57 Å². The molecular formula is C15H11BF2O. The van der Waals surface area contributed by atoms with Gasteiger partial charge in [-0.15, -0.1) is 0 Å². The second-order valence-electron chi connectivity index (χ2n) is 4.01. The molecule has 0 unspecified atom stereocenters. The van der Waals surface area contributed by atoms with Crippen LogP contribution in [0, 0.1) is 0 Å². The summed E-state index contributed by atoms with van der Waals surface area (Å²) >= 11 is 0. The number of alkyl halides is 2. The lowest BCUT2D eigenvalue weighted by atomic mass is 9.91. The van der Waals surface area contributed by atoms with Crippen molar-refractivity contribution in [3.63, 3.8) is 0 Å². The van der Waals surface area contributed by atoms with E-state index in [2.05, 4.69) is 11.3 Å². The molecule has 0 aromatic heterocycles. The van der Waals surface area contributed by atoms with Crippen molar-refractivity contribution in [1.29, 1.82) is 0 Å². The smallest absolute Gasteiger partial charge is 0.387 e. The average molecular weight is 256 g/mol. The summed E-state index contributed by atoms with van der Waals surface area (Å²) in [4.78, 5) is 0. The van der Waals surface area contributed by atoms with Gasteiger partial charge in [-0.2, -0.15) is 8.78 Å². The second-order valence-corrected chi connectivity index (χ2v) is 4.01. The van der Waals surface area contributed by atoms with Crippen LogP contribution in [-0.4, -0.2) is 14.5 Å². The van der Waals surface area contributed by atoms with Gasteiger partial charge in [0.05, 0.1) is 0 Å². The predicted molar refractivity (Wildman–Crippen MR) is 73.0 cm³/mol. The molecule has 0 aliphatic rings. The fourth-order valence-electron chi connectivity index (χ4n) is 1.75. The minimum absolute atomic E-state index is 0.109. The molecule has 94 valence electrons. The van der Waals surface area contributed by atoms with Crippen LogP contribution in [0.2, 0.25) is 0 Å². The first kappa shape index (κ1) is 13.3. The molecule has 2 aromatic rings. The highest BCUT2D eigenvalue weighted by Crippen LogP contribution is 2.25. The average Bonchev–Trinajstić information content (AvgIpc) is 2.37. The van der Waals surface area contributed by atoms with Crippen LogP contribution in [0.1, 0.15) is 11.1 Å². The van der Waals surface area contributed by atoms with Crippen molar-refractivity contribution >= 4 is 18.9 Å². The Labute approximate surface area is 111 Å². The molecule has 0 aliphatic heterocycles. The van der Waals surface area contributed by atoms with E-state index in [9.17, 15) is 8.78 Å². The normalized spacial score (nSPS) is 10.5. The fourth-order valence-corrected chi connectivity index (χ4v) is 1.75. The molecular weight excluding hydrogens is 245 g/mol. The summed E-state index contributed by atoms with van der Waals surface area (Å²) in [6, 6.07) is 13.7. The van der Waals surface area contributed by atoms with E-state index in [0.717, 1.165) is 5.56 Å². The van der Waals surface area contributed by atoms with E-state index >= 15 is 0 Å². The molecule has 0 amide bonds. The van der Waals surface area contributed by atoms with Gasteiger partial charge < -0.3 is 4.74 Å². The van der Waals surface area contributed by atoms with Crippen molar-refractivity contribution in [2.75, 3.05) is 0 Å². The number of halogens is 2. The Hall–Kier alpha value is -2.10. The maximum atomic E-state index is 12.2. The highest BCUT2D eigenvalue weighted by atomic mass is 19.3. The first-order valence-corrected chi connectivity index (χ1v) is 5.66. The van der Waals surface area contributed by atoms with Crippen molar-refractivity contribution in [3.05, 3.63) is 66.2 Å². The summed E-state index contributed by atoms with van der Waals surface area (Å²) in [6.07, 6.45) is 0. The van der Waals surface area contributed by atoms with E-state index in [1.54, 1.807) is 24.3 Å². The molecule has 19 heavy (non-hydrogen) atoms. The van der Waals surface area contributed by atoms with Crippen LogP contribution in [0.15, 0.2) is 55.1 Å². The Balaban J connectivity index is 2.29. The third-order valence-corrected chi connectivity index (χ3v) is 2.64. The molecule has 0 N–H and O–H groups in total. The first-order valence-electron chi connectivity index (χ1n) is 5.66. The first-order chi connectivity index (χ1) is 9.06. The minimum atomic E-state index is -2.84. The molecule has 0 atom stereocenters. The van der Waals surface area contributed by atoms with Crippen LogP contribution in [0.3, 0.4) is 0 Å². The molecule has 0 fully saturated rings. The Morgan fingerprint density at radius 2 is 1.68 bits per heavy atom. The Morgan fingerprint density at radius 3 is 2.32 bits per heavy atom. The van der Waals surface area contributed by atoms with E-state index in [0.29, 0.717) is 16.6 Å². The Morgan fingerprint density at radius 1 is 1.05 bits per heavy atom. The molecule has 2 radical (unpaired) electrons. The van der Waals surface area contributed by atoms with Crippen molar-refractivity contribution in [2.45, 2.75) is 6.61 Å². The van der Waals surface area contributed by atoms with Gasteiger partial charge in [0.1, 0.15) is 13.6 Å². The van der Waals surface area contributed by atoms with Gasteiger partial charge in [0.25, 0.3) is 0 Å². The number of hydrogen-bond acceptors (Lipinski definition) is 1. The summed E-state index contributed by atoms with van der Waals surface area (Å²) in [7, 11) is 5.71. The standard InChI is InChI=1S/C15H11BF2O/c1-10(11-4-2-6-13(16)8-11)12-5-3-7-14(9-12)19-15(17)18/h2-9,15H,1H2. The molecule has 1 nitrogen and oxygen atoms in total. The van der Waals surface area contributed by atoms with Crippen molar-refractivity contribution in [3.8, 4) is 5.75 Å². The monoisotopic (exact) mass is 256 g/mol. The van der Waals surface area contributed by atoms with Crippen molar-refractivity contribution in [1.82, 2.24) is 0 Å². The topological polar surface area (TPSA) is 9.23 Å². The van der Waals surface area contributed by atoms with E-state index in [1.165, 1.54) is 12.1 Å². The van der Waals surface area contributed by atoms with Gasteiger partial charge in [0, 0.05) is 0 Å². The van der Waals surface area contributed by atoms with Crippen molar-refractivity contribution < 1.29 is 13.5 Å². The van der Waals surface area contributed by atoms with E-state index < -0.39 is 6.61 Å². The van der Waals surface area contributed by atoms with Crippen LogP contribution in [0.4, 0.5) is 8.78 Å². The van der Waals surface area contributed by atoms with Gasteiger partial charge >= 0.3 is 6.61 Å². The molecule has 0 saturated heterocycles. The van der Waals surface area contributed by atoms with Crippen LogP contribution in [0.5, 0.6) is 5.75 Å². The lowest BCUT2D eigenvalue weighted by Gasteiger charge is -2.10. The zero-order valence-corrected chi connectivity index (χ0v) is 10.1. The number of rotatable bonds is 4. The van der Waals surface area contributed by atoms with Gasteiger partial charge in [0.15, 0.2) is 0 Å². The molecule has 0 saturated carbocycles. The third kappa shape index (κ3) is 3.44. The Bertz CT molecular complexity index is 596. The van der Waals surface area contributed by atoms with Crippen molar-refractivity contribution in [2.24, 2.45) is 0 Å². The van der Waals surface area contributed by atoms with E-state index in [1.807, 2.05) is 12.1 Å². The number of benzene rings is 2. The number of ether oxygens (including phenoxy) is 1. The summed E-state index contributed by atoms with van der Waals surface area (Å²) in [5.74, 6) is 0.109. The second kappa shape index (κ2) is 5.70. The molecule has 4 heteroatoms. The van der Waals surface area contributed by atoms with E-state index in [4.69, 9.17) is 7.85 Å². The fraction of sp³-hybridized carbons (Fsp3) is 0.0667. The van der Waals surface area contributed by atoms with E-state index in [-0.39, 0.29) is 5.75 Å². The molecule has 2 rings (SSSR count). The lowest BCUT2D eigenvalue weighted by molar-refractivity contribution is -0.0498. The minimum Gasteiger partial charge on any atom is -0.435 e. The largest absolute Gasteiger partial charge is 0.435 e. The molecule has 0 bridgehead atoms. The van der Waals surface area contributed by atoms with Gasteiger partial charge in [-0.05, 0) is 28.8 Å². The molecule has 0 aliphatic carbocycles. The number of hydrogen-bond donors (Lipinski definition) is 0.